The van der Waals surface area contributed by atoms with Gasteiger partial charge in [-0.15, -0.1) is 0 Å². The molecule has 35 heavy (non-hydrogen) atoms. The molecule has 5 rings (SSSR count). The third kappa shape index (κ3) is 4.26. The standard InChI is InChI=1S/C26H26FN5O3/c1-16-17(4-3-5-21(16)28-2)14-30-8-10-31(11-9-30)23-13-18(27)12-19-20(23)15-32(26(19)35)22-6-7-24(33)29-25(22)34/h3-5,12-13,22H,6-11,14-15H2,1H3,(H,29,33,34). The van der Waals surface area contributed by atoms with Gasteiger partial charge in [-0.05, 0) is 36.6 Å². The maximum Gasteiger partial charge on any atom is 0.255 e. The lowest BCUT2D eigenvalue weighted by Gasteiger charge is -2.37. The van der Waals surface area contributed by atoms with Crippen molar-refractivity contribution in [3.8, 4) is 0 Å². The number of hydrogen-bond acceptors (Lipinski definition) is 5. The van der Waals surface area contributed by atoms with E-state index >= 15 is 0 Å². The molecule has 3 amide bonds. The summed E-state index contributed by atoms with van der Waals surface area (Å²) in [6, 6.07) is 7.77. The molecule has 0 spiro atoms. The van der Waals surface area contributed by atoms with Crippen LogP contribution in [-0.2, 0) is 22.7 Å². The van der Waals surface area contributed by atoms with Gasteiger partial charge in [0.2, 0.25) is 11.8 Å². The first-order chi connectivity index (χ1) is 16.9. The Morgan fingerprint density at radius 1 is 1.14 bits per heavy atom. The van der Waals surface area contributed by atoms with Gasteiger partial charge in [0.25, 0.3) is 5.91 Å². The van der Waals surface area contributed by atoms with E-state index in [0.29, 0.717) is 30.0 Å². The van der Waals surface area contributed by atoms with E-state index in [-0.39, 0.29) is 31.2 Å². The third-order valence-electron chi connectivity index (χ3n) is 7.24. The van der Waals surface area contributed by atoms with Crippen LogP contribution in [0.5, 0.6) is 0 Å². The fourth-order valence-electron chi connectivity index (χ4n) is 5.24. The average Bonchev–Trinajstić information content (AvgIpc) is 3.16. The maximum absolute atomic E-state index is 14.6. The van der Waals surface area contributed by atoms with E-state index in [4.69, 9.17) is 6.57 Å². The molecule has 3 aliphatic heterocycles. The van der Waals surface area contributed by atoms with E-state index in [0.717, 1.165) is 36.3 Å². The second-order valence-electron chi connectivity index (χ2n) is 9.29. The number of halogens is 1. The fourth-order valence-corrected chi connectivity index (χ4v) is 5.24. The molecule has 1 atom stereocenters. The predicted octanol–water partition coefficient (Wildman–Crippen LogP) is 2.77. The van der Waals surface area contributed by atoms with Crippen LogP contribution in [0, 0.1) is 19.3 Å². The number of hydrogen-bond donors (Lipinski definition) is 1. The van der Waals surface area contributed by atoms with Gasteiger partial charge in [-0.25, -0.2) is 9.24 Å². The molecular weight excluding hydrogens is 449 g/mol. The summed E-state index contributed by atoms with van der Waals surface area (Å²) >= 11 is 0. The minimum atomic E-state index is -0.727. The Morgan fingerprint density at radius 2 is 1.91 bits per heavy atom. The van der Waals surface area contributed by atoms with Crippen LogP contribution in [-0.4, -0.2) is 59.7 Å². The molecule has 2 fully saturated rings. The van der Waals surface area contributed by atoms with Crippen LogP contribution < -0.4 is 10.2 Å². The number of amides is 3. The van der Waals surface area contributed by atoms with Crippen LogP contribution in [0.3, 0.4) is 0 Å². The largest absolute Gasteiger partial charge is 0.369 e. The Morgan fingerprint density at radius 3 is 2.63 bits per heavy atom. The molecule has 180 valence electrons. The molecule has 3 aliphatic rings. The lowest BCUT2D eigenvalue weighted by molar-refractivity contribution is -0.136. The van der Waals surface area contributed by atoms with Crippen molar-refractivity contribution in [1.82, 2.24) is 15.1 Å². The van der Waals surface area contributed by atoms with Crippen molar-refractivity contribution >= 4 is 29.1 Å². The quantitative estimate of drug-likeness (QED) is 0.544. The van der Waals surface area contributed by atoms with Gasteiger partial charge in [0, 0.05) is 62.5 Å². The number of rotatable bonds is 4. The number of piperazine rings is 1. The summed E-state index contributed by atoms with van der Waals surface area (Å²) in [5.41, 5.74) is 4.51. The van der Waals surface area contributed by atoms with Gasteiger partial charge in [0.1, 0.15) is 11.9 Å². The van der Waals surface area contributed by atoms with Crippen molar-refractivity contribution < 1.29 is 18.8 Å². The van der Waals surface area contributed by atoms with Crippen LogP contribution in [0.25, 0.3) is 4.85 Å². The molecule has 0 radical (unpaired) electrons. The Bertz CT molecular complexity index is 1260. The van der Waals surface area contributed by atoms with Gasteiger partial charge >= 0.3 is 0 Å². The number of nitrogens with zero attached hydrogens (tertiary/aromatic N) is 4. The number of fused-ring (bicyclic) bond motifs is 1. The zero-order valence-electron chi connectivity index (χ0n) is 19.5. The summed E-state index contributed by atoms with van der Waals surface area (Å²) in [4.78, 5) is 46.4. The molecule has 0 saturated carbocycles. The van der Waals surface area contributed by atoms with Crippen LogP contribution >= 0.6 is 0 Å². The second-order valence-corrected chi connectivity index (χ2v) is 9.29. The van der Waals surface area contributed by atoms with Gasteiger partial charge in [-0.2, -0.15) is 0 Å². The number of carbonyl (C=O) groups excluding carboxylic acids is 3. The molecular formula is C26H26FN5O3. The average molecular weight is 476 g/mol. The zero-order chi connectivity index (χ0) is 24.7. The normalized spacial score (nSPS) is 20.6. The predicted molar refractivity (Wildman–Crippen MR) is 127 cm³/mol. The lowest BCUT2D eigenvalue weighted by Crippen LogP contribution is -2.52. The summed E-state index contributed by atoms with van der Waals surface area (Å²) < 4.78 is 14.6. The van der Waals surface area contributed by atoms with Crippen molar-refractivity contribution in [1.29, 1.82) is 0 Å². The summed E-state index contributed by atoms with van der Waals surface area (Å²) in [5, 5.41) is 2.30. The molecule has 2 aromatic rings. The van der Waals surface area contributed by atoms with Crippen LogP contribution in [0.1, 0.15) is 39.9 Å². The Kier molecular flexibility index (Phi) is 5.99. The molecule has 3 heterocycles. The highest BCUT2D eigenvalue weighted by Gasteiger charge is 2.41. The van der Waals surface area contributed by atoms with Crippen LogP contribution in [0.4, 0.5) is 15.8 Å². The monoisotopic (exact) mass is 475 g/mol. The molecule has 2 aromatic carbocycles. The summed E-state index contributed by atoms with van der Waals surface area (Å²) in [5.74, 6) is -1.66. The Hall–Kier alpha value is -3.77. The Labute approximate surface area is 203 Å². The smallest absolute Gasteiger partial charge is 0.255 e. The van der Waals surface area contributed by atoms with Crippen LogP contribution in [0.2, 0.25) is 0 Å². The summed E-state index contributed by atoms with van der Waals surface area (Å²) in [6.45, 7) is 13.1. The molecule has 9 heteroatoms. The number of carbonyl (C=O) groups is 3. The van der Waals surface area contributed by atoms with E-state index in [1.54, 1.807) is 0 Å². The SMILES string of the molecule is [C-]#[N+]c1cccc(CN2CCN(c3cc(F)cc4c3CN(C3CCC(=O)NC3=O)C4=O)CC2)c1C. The summed E-state index contributed by atoms with van der Waals surface area (Å²) in [6.07, 6.45) is 0.451. The van der Waals surface area contributed by atoms with Crippen molar-refractivity contribution in [3.05, 3.63) is 69.8 Å². The molecule has 1 unspecified atom stereocenters. The van der Waals surface area contributed by atoms with Crippen molar-refractivity contribution in [2.45, 2.75) is 38.9 Å². The van der Waals surface area contributed by atoms with Gasteiger partial charge < -0.3 is 9.80 Å². The topological polar surface area (TPSA) is 77.3 Å². The number of imide groups is 1. The highest BCUT2D eigenvalue weighted by atomic mass is 19.1. The first-order valence-electron chi connectivity index (χ1n) is 11.8. The van der Waals surface area contributed by atoms with Crippen LogP contribution in [0.15, 0.2) is 30.3 Å². The zero-order valence-corrected chi connectivity index (χ0v) is 19.5. The third-order valence-corrected chi connectivity index (χ3v) is 7.24. The first kappa shape index (κ1) is 23.0. The molecule has 0 bridgehead atoms. The summed E-state index contributed by atoms with van der Waals surface area (Å²) in [7, 11) is 0. The second kappa shape index (κ2) is 9.12. The van der Waals surface area contributed by atoms with E-state index < -0.39 is 17.8 Å². The van der Waals surface area contributed by atoms with Gasteiger partial charge in [-0.3, -0.25) is 24.6 Å². The molecule has 0 aliphatic carbocycles. The van der Waals surface area contributed by atoms with E-state index in [9.17, 15) is 18.8 Å². The Balaban J connectivity index is 1.31. The molecule has 8 nitrogen and oxygen atoms in total. The lowest BCUT2D eigenvalue weighted by atomic mass is 10.0. The minimum absolute atomic E-state index is 0.179. The van der Waals surface area contributed by atoms with Crippen molar-refractivity contribution in [3.63, 3.8) is 0 Å². The van der Waals surface area contributed by atoms with E-state index in [2.05, 4.69) is 20.0 Å². The number of anilines is 1. The number of nitrogens with one attached hydrogen (secondary N) is 1. The first-order valence-corrected chi connectivity index (χ1v) is 11.8. The van der Waals surface area contributed by atoms with Gasteiger partial charge in [-0.1, -0.05) is 18.2 Å². The van der Waals surface area contributed by atoms with E-state index in [1.165, 1.54) is 17.0 Å². The molecule has 0 aromatic heterocycles. The van der Waals surface area contributed by atoms with Crippen molar-refractivity contribution in [2.24, 2.45) is 0 Å². The van der Waals surface area contributed by atoms with Gasteiger partial charge in [0.05, 0.1) is 6.57 Å². The van der Waals surface area contributed by atoms with Crippen molar-refractivity contribution in [2.75, 3.05) is 31.1 Å². The maximum atomic E-state index is 14.6. The van der Waals surface area contributed by atoms with E-state index in [1.807, 2.05) is 25.1 Å². The minimum Gasteiger partial charge on any atom is -0.369 e. The molecule has 2 saturated heterocycles. The van der Waals surface area contributed by atoms with Gasteiger partial charge in [0.15, 0.2) is 5.69 Å². The highest BCUT2D eigenvalue weighted by Crippen LogP contribution is 2.35. The highest BCUT2D eigenvalue weighted by molar-refractivity contribution is 6.06. The number of piperidine rings is 1. The number of benzene rings is 2. The molecule has 1 N–H and O–H groups in total. The fraction of sp³-hybridized carbons (Fsp3) is 0.385.